The minimum absolute atomic E-state index is 0.0406. The fourth-order valence-corrected chi connectivity index (χ4v) is 4.76. The molecule has 4 aromatic rings. The van der Waals surface area contributed by atoms with Gasteiger partial charge in [0.15, 0.2) is 5.60 Å². The largest absolute Gasteiger partial charge is 0.496 e. The summed E-state index contributed by atoms with van der Waals surface area (Å²) in [5.74, 6) is -0.859. The Morgan fingerprint density at radius 1 is 1.23 bits per heavy atom. The highest BCUT2D eigenvalue weighted by molar-refractivity contribution is 7.12. The van der Waals surface area contributed by atoms with E-state index in [0.717, 1.165) is 15.4 Å². The van der Waals surface area contributed by atoms with E-state index in [1.54, 1.807) is 10.5 Å². The number of imidazole rings is 1. The van der Waals surface area contributed by atoms with E-state index in [9.17, 15) is 15.0 Å². The second-order valence-corrected chi connectivity index (χ2v) is 8.32. The molecule has 3 aromatic heterocycles. The Morgan fingerprint density at radius 2 is 1.97 bits per heavy atom. The molecule has 0 radical (unpaired) electrons. The molecule has 2 N–H and O–H groups in total. The highest BCUT2D eigenvalue weighted by Crippen LogP contribution is 2.41. The summed E-state index contributed by atoms with van der Waals surface area (Å²) in [4.78, 5) is 18.3. The van der Waals surface area contributed by atoms with Crippen LogP contribution in [0, 0.1) is 6.92 Å². The molecule has 1 atom stereocenters. The van der Waals surface area contributed by atoms with Crippen molar-refractivity contribution in [2.24, 2.45) is 0 Å². The summed E-state index contributed by atoms with van der Waals surface area (Å²) in [6.07, 6.45) is 2.07. The summed E-state index contributed by atoms with van der Waals surface area (Å²) in [6.45, 7) is 3.96. The second-order valence-electron chi connectivity index (χ2n) is 7.04. The molecule has 3 heterocycles. The van der Waals surface area contributed by atoms with E-state index in [2.05, 4.69) is 0 Å². The zero-order valence-corrected chi connectivity index (χ0v) is 17.7. The molecule has 154 valence electrons. The first-order valence-electron chi connectivity index (χ1n) is 9.57. The molecule has 1 unspecified atom stereocenters. The first kappa shape index (κ1) is 20.1. The van der Waals surface area contributed by atoms with Gasteiger partial charge >= 0.3 is 5.97 Å². The predicted molar refractivity (Wildman–Crippen MR) is 116 cm³/mol. The second kappa shape index (κ2) is 7.59. The molecular weight excluding hydrogens is 400 g/mol. The first-order valence-corrected chi connectivity index (χ1v) is 10.4. The number of hydrogen-bond donors (Lipinski definition) is 2. The number of aromatic nitrogens is 2. The van der Waals surface area contributed by atoms with Crippen LogP contribution < -0.4 is 4.74 Å². The number of aryl methyl sites for hydroxylation is 2. The topological polar surface area (TPSA) is 84.1 Å². The first-order chi connectivity index (χ1) is 14.4. The van der Waals surface area contributed by atoms with Gasteiger partial charge < -0.3 is 19.4 Å². The Hall–Kier alpha value is -3.16. The SMILES string of the molecule is CCc1c(C(O)(c2ccccc2)c2ccc(C)s2)nc2cc(OC)c(C(=O)O)cn12. The lowest BCUT2D eigenvalue weighted by Crippen LogP contribution is -2.29. The van der Waals surface area contributed by atoms with Crippen molar-refractivity contribution in [3.05, 3.63) is 87.0 Å². The Labute approximate surface area is 178 Å². The third-order valence-corrected chi connectivity index (χ3v) is 6.35. The third-order valence-electron chi connectivity index (χ3n) is 5.24. The Morgan fingerprint density at radius 3 is 2.53 bits per heavy atom. The molecule has 0 spiro atoms. The molecule has 0 aliphatic carbocycles. The highest BCUT2D eigenvalue weighted by Gasteiger charge is 2.40. The molecule has 30 heavy (non-hydrogen) atoms. The number of hydrogen-bond acceptors (Lipinski definition) is 5. The average molecular weight is 423 g/mol. The molecule has 0 aliphatic rings. The minimum Gasteiger partial charge on any atom is -0.496 e. The van der Waals surface area contributed by atoms with Crippen LogP contribution in [0.15, 0.2) is 54.7 Å². The van der Waals surface area contributed by atoms with Crippen molar-refractivity contribution >= 4 is 23.0 Å². The van der Waals surface area contributed by atoms with Crippen LogP contribution in [-0.4, -0.2) is 32.7 Å². The monoisotopic (exact) mass is 422 g/mol. The zero-order chi connectivity index (χ0) is 21.5. The fourth-order valence-electron chi connectivity index (χ4n) is 3.78. The number of fused-ring (bicyclic) bond motifs is 1. The molecule has 0 saturated heterocycles. The van der Waals surface area contributed by atoms with Gasteiger partial charge in [-0.3, -0.25) is 0 Å². The van der Waals surface area contributed by atoms with Gasteiger partial charge in [0, 0.05) is 27.7 Å². The molecule has 0 saturated carbocycles. The van der Waals surface area contributed by atoms with Crippen molar-refractivity contribution in [2.75, 3.05) is 7.11 Å². The van der Waals surface area contributed by atoms with Gasteiger partial charge in [-0.2, -0.15) is 0 Å². The van der Waals surface area contributed by atoms with Crippen LogP contribution in [0.5, 0.6) is 5.75 Å². The quantitative estimate of drug-likeness (QED) is 0.485. The van der Waals surface area contributed by atoms with Crippen LogP contribution in [0.3, 0.4) is 0 Å². The van der Waals surface area contributed by atoms with Gasteiger partial charge in [-0.05, 0) is 31.0 Å². The van der Waals surface area contributed by atoms with Gasteiger partial charge in [0.1, 0.15) is 22.7 Å². The molecule has 0 aliphatic heterocycles. The summed E-state index contributed by atoms with van der Waals surface area (Å²) in [6, 6.07) is 14.9. The number of rotatable bonds is 6. The maximum absolute atomic E-state index is 12.1. The molecule has 1 aromatic carbocycles. The molecule has 4 rings (SSSR count). The predicted octanol–water partition coefficient (Wildman–Crippen LogP) is 4.26. The van der Waals surface area contributed by atoms with Crippen molar-refractivity contribution in [3.63, 3.8) is 0 Å². The lowest BCUT2D eigenvalue weighted by molar-refractivity contribution is 0.0692. The molecule has 0 fully saturated rings. The van der Waals surface area contributed by atoms with Crippen LogP contribution in [0.1, 0.15) is 44.0 Å². The van der Waals surface area contributed by atoms with Crippen LogP contribution in [0.4, 0.5) is 0 Å². The van der Waals surface area contributed by atoms with Crippen molar-refractivity contribution in [1.29, 1.82) is 0 Å². The summed E-state index contributed by atoms with van der Waals surface area (Å²) in [5.41, 5.74) is 1.03. The molecule has 7 heteroatoms. The van der Waals surface area contributed by atoms with Gasteiger partial charge in [0.2, 0.25) is 0 Å². The van der Waals surface area contributed by atoms with Crippen LogP contribution in [-0.2, 0) is 12.0 Å². The summed E-state index contributed by atoms with van der Waals surface area (Å²) in [7, 11) is 1.43. The van der Waals surface area contributed by atoms with E-state index in [1.165, 1.54) is 24.6 Å². The lowest BCUT2D eigenvalue weighted by Gasteiger charge is -2.27. The number of ether oxygens (including phenoxy) is 1. The standard InChI is InChI=1S/C23H22N2O4S/c1-4-17-21(24-20-12-18(29-3)16(22(26)27)13-25(17)20)23(28,15-8-6-5-7-9-15)19-11-10-14(2)30-19/h5-13,28H,4H2,1-3H3,(H,26,27). The van der Waals surface area contributed by atoms with E-state index in [-0.39, 0.29) is 11.3 Å². The minimum atomic E-state index is -1.46. The number of nitrogens with zero attached hydrogens (tertiary/aromatic N) is 2. The maximum atomic E-state index is 12.1. The average Bonchev–Trinajstić information content (AvgIpc) is 3.36. The summed E-state index contributed by atoms with van der Waals surface area (Å²) < 4.78 is 6.99. The highest BCUT2D eigenvalue weighted by atomic mass is 32.1. The van der Waals surface area contributed by atoms with E-state index in [1.807, 2.05) is 56.3 Å². The number of carbonyl (C=O) groups is 1. The van der Waals surface area contributed by atoms with E-state index >= 15 is 0 Å². The molecular formula is C23H22N2O4S. The van der Waals surface area contributed by atoms with Gasteiger partial charge in [-0.1, -0.05) is 37.3 Å². The van der Waals surface area contributed by atoms with Crippen LogP contribution >= 0.6 is 11.3 Å². The van der Waals surface area contributed by atoms with Gasteiger partial charge in [0.05, 0.1) is 7.11 Å². The number of aromatic carboxylic acids is 1. The zero-order valence-electron chi connectivity index (χ0n) is 16.9. The summed E-state index contributed by atoms with van der Waals surface area (Å²) in [5, 5.41) is 21.7. The number of carboxylic acids is 1. The van der Waals surface area contributed by atoms with Crippen LogP contribution in [0.25, 0.3) is 5.65 Å². The normalized spacial score (nSPS) is 13.3. The number of benzene rings is 1. The van der Waals surface area contributed by atoms with E-state index in [4.69, 9.17) is 9.72 Å². The number of pyridine rings is 1. The smallest absolute Gasteiger partial charge is 0.341 e. The Kier molecular flexibility index (Phi) is 5.09. The molecule has 0 bridgehead atoms. The summed E-state index contributed by atoms with van der Waals surface area (Å²) >= 11 is 1.51. The van der Waals surface area contributed by atoms with E-state index < -0.39 is 11.6 Å². The lowest BCUT2D eigenvalue weighted by atomic mass is 9.87. The number of aliphatic hydroxyl groups is 1. The van der Waals surface area contributed by atoms with Crippen molar-refractivity contribution in [1.82, 2.24) is 9.38 Å². The number of methoxy groups -OCH3 is 1. The molecule has 6 nitrogen and oxygen atoms in total. The Balaban J connectivity index is 2.07. The van der Waals surface area contributed by atoms with Crippen molar-refractivity contribution in [3.8, 4) is 5.75 Å². The van der Waals surface area contributed by atoms with Crippen molar-refractivity contribution < 1.29 is 19.7 Å². The van der Waals surface area contributed by atoms with Gasteiger partial charge in [-0.15, -0.1) is 11.3 Å². The third kappa shape index (κ3) is 3.07. The van der Waals surface area contributed by atoms with Crippen LogP contribution in [0.2, 0.25) is 0 Å². The fraction of sp³-hybridized carbons (Fsp3) is 0.217. The van der Waals surface area contributed by atoms with Gasteiger partial charge in [-0.25, -0.2) is 9.78 Å². The Bertz CT molecular complexity index is 1230. The maximum Gasteiger partial charge on any atom is 0.341 e. The number of carboxylic acid groups (broad SMARTS) is 1. The number of thiophene rings is 1. The molecule has 0 amide bonds. The van der Waals surface area contributed by atoms with Crippen molar-refractivity contribution in [2.45, 2.75) is 25.9 Å². The van der Waals surface area contributed by atoms with Gasteiger partial charge in [0.25, 0.3) is 0 Å². The van der Waals surface area contributed by atoms with E-state index in [0.29, 0.717) is 23.3 Å².